The van der Waals surface area contributed by atoms with Crippen LogP contribution < -0.4 is 10.3 Å². The van der Waals surface area contributed by atoms with Gasteiger partial charge in [0.15, 0.2) is 0 Å². The number of nitriles is 1. The van der Waals surface area contributed by atoms with E-state index in [-0.39, 0.29) is 12.0 Å². The Morgan fingerprint density at radius 2 is 2.29 bits per heavy atom. The van der Waals surface area contributed by atoms with E-state index in [0.29, 0.717) is 27.2 Å². The van der Waals surface area contributed by atoms with Crippen molar-refractivity contribution in [2.75, 3.05) is 7.11 Å². The fourth-order valence-electron chi connectivity index (χ4n) is 1.67. The summed E-state index contributed by atoms with van der Waals surface area (Å²) >= 11 is 6.00. The van der Waals surface area contributed by atoms with Crippen LogP contribution in [0, 0.1) is 11.3 Å². The molecule has 4 nitrogen and oxygen atoms in total. The summed E-state index contributed by atoms with van der Waals surface area (Å²) in [6, 6.07) is 6.97. The van der Waals surface area contributed by atoms with Gasteiger partial charge in [-0.15, -0.1) is 0 Å². The van der Waals surface area contributed by atoms with E-state index >= 15 is 0 Å². The second-order valence-corrected chi connectivity index (χ2v) is 3.90. The number of fused-ring (bicyclic) bond motifs is 1. The number of nitrogens with one attached hydrogen (secondary N) is 1. The lowest BCUT2D eigenvalue weighted by molar-refractivity contribution is 0.419. The Morgan fingerprint density at radius 1 is 1.53 bits per heavy atom. The van der Waals surface area contributed by atoms with Gasteiger partial charge in [0.25, 0.3) is 5.56 Å². The highest BCUT2D eigenvalue weighted by Crippen LogP contribution is 2.29. The van der Waals surface area contributed by atoms with Gasteiger partial charge in [-0.05, 0) is 18.2 Å². The molecule has 1 heterocycles. The Labute approximate surface area is 102 Å². The number of benzene rings is 1. The van der Waals surface area contributed by atoms with Crippen LogP contribution in [0.1, 0.15) is 5.56 Å². The normalized spacial score (nSPS) is 10.2. The van der Waals surface area contributed by atoms with Crippen LogP contribution in [0.25, 0.3) is 10.9 Å². The van der Waals surface area contributed by atoms with E-state index in [1.165, 1.54) is 7.11 Å². The van der Waals surface area contributed by atoms with Crippen molar-refractivity contribution in [2.24, 2.45) is 0 Å². The van der Waals surface area contributed by atoms with Crippen LogP contribution in [0.4, 0.5) is 0 Å². The highest BCUT2D eigenvalue weighted by molar-refractivity contribution is 6.35. The zero-order valence-corrected chi connectivity index (χ0v) is 9.84. The molecule has 0 bridgehead atoms. The maximum atomic E-state index is 11.7. The van der Waals surface area contributed by atoms with Gasteiger partial charge in [0.1, 0.15) is 5.75 Å². The standard InChI is InChI=1S/C12H9ClN2O2/c1-17-10-3-2-9(13)11-8(10)6-7(4-5-14)12(16)15-11/h2-3,6H,4H2,1H3,(H,15,16). The van der Waals surface area contributed by atoms with Crippen LogP contribution in [0.15, 0.2) is 23.0 Å². The fourth-order valence-corrected chi connectivity index (χ4v) is 1.88. The van der Waals surface area contributed by atoms with Gasteiger partial charge in [-0.1, -0.05) is 11.6 Å². The molecule has 0 saturated carbocycles. The number of pyridine rings is 1. The quantitative estimate of drug-likeness (QED) is 0.887. The molecule has 0 spiro atoms. The van der Waals surface area contributed by atoms with E-state index in [9.17, 15) is 4.79 Å². The van der Waals surface area contributed by atoms with E-state index in [4.69, 9.17) is 21.6 Å². The predicted molar refractivity (Wildman–Crippen MR) is 65.4 cm³/mol. The topological polar surface area (TPSA) is 65.9 Å². The van der Waals surface area contributed by atoms with Gasteiger partial charge in [-0.25, -0.2) is 0 Å². The van der Waals surface area contributed by atoms with Gasteiger partial charge >= 0.3 is 0 Å². The number of hydrogen-bond donors (Lipinski definition) is 1. The van der Waals surface area contributed by atoms with Crippen molar-refractivity contribution >= 4 is 22.5 Å². The first-order valence-electron chi connectivity index (χ1n) is 4.92. The van der Waals surface area contributed by atoms with Gasteiger partial charge < -0.3 is 9.72 Å². The molecule has 17 heavy (non-hydrogen) atoms. The average Bonchev–Trinajstić information content (AvgIpc) is 2.32. The maximum Gasteiger partial charge on any atom is 0.252 e. The summed E-state index contributed by atoms with van der Waals surface area (Å²) in [6.45, 7) is 0. The minimum absolute atomic E-state index is 0.0565. The monoisotopic (exact) mass is 248 g/mol. The second kappa shape index (κ2) is 4.48. The zero-order chi connectivity index (χ0) is 12.4. The maximum absolute atomic E-state index is 11.7. The van der Waals surface area contributed by atoms with E-state index in [0.717, 1.165) is 0 Å². The third-order valence-electron chi connectivity index (χ3n) is 2.49. The number of aromatic nitrogens is 1. The van der Waals surface area contributed by atoms with Crippen molar-refractivity contribution in [1.82, 2.24) is 4.98 Å². The van der Waals surface area contributed by atoms with Gasteiger partial charge in [-0.3, -0.25) is 4.79 Å². The van der Waals surface area contributed by atoms with Crippen molar-refractivity contribution in [2.45, 2.75) is 6.42 Å². The second-order valence-electron chi connectivity index (χ2n) is 3.50. The molecule has 0 unspecified atom stereocenters. The van der Waals surface area contributed by atoms with Crippen molar-refractivity contribution in [3.63, 3.8) is 0 Å². The molecule has 1 aromatic heterocycles. The van der Waals surface area contributed by atoms with Crippen molar-refractivity contribution in [3.8, 4) is 11.8 Å². The largest absolute Gasteiger partial charge is 0.496 e. The first kappa shape index (κ1) is 11.5. The fraction of sp³-hybridized carbons (Fsp3) is 0.167. The highest BCUT2D eigenvalue weighted by atomic mass is 35.5. The summed E-state index contributed by atoms with van der Waals surface area (Å²) in [6.07, 6.45) is 0.0565. The lowest BCUT2D eigenvalue weighted by Gasteiger charge is -2.07. The molecule has 0 fully saturated rings. The van der Waals surface area contributed by atoms with Gasteiger partial charge in [-0.2, -0.15) is 5.26 Å². The molecule has 0 aliphatic carbocycles. The van der Waals surface area contributed by atoms with Crippen LogP contribution >= 0.6 is 11.6 Å². The molecule has 0 radical (unpaired) electrons. The summed E-state index contributed by atoms with van der Waals surface area (Å²) in [5, 5.41) is 9.78. The molecular weight excluding hydrogens is 240 g/mol. The minimum Gasteiger partial charge on any atom is -0.496 e. The molecule has 0 saturated heterocycles. The molecular formula is C12H9ClN2O2. The van der Waals surface area contributed by atoms with Crippen LogP contribution in [-0.4, -0.2) is 12.1 Å². The molecule has 0 amide bonds. The first-order chi connectivity index (χ1) is 8.17. The van der Waals surface area contributed by atoms with E-state index < -0.39 is 0 Å². The molecule has 1 N–H and O–H groups in total. The number of ether oxygens (including phenoxy) is 1. The van der Waals surface area contributed by atoms with Gasteiger partial charge in [0.05, 0.1) is 30.1 Å². The van der Waals surface area contributed by atoms with Crippen LogP contribution in [0.2, 0.25) is 5.02 Å². The summed E-state index contributed by atoms with van der Waals surface area (Å²) in [7, 11) is 1.54. The Hall–Kier alpha value is -1.99. The highest BCUT2D eigenvalue weighted by Gasteiger charge is 2.09. The van der Waals surface area contributed by atoms with E-state index in [1.54, 1.807) is 18.2 Å². The number of H-pyrrole nitrogens is 1. The van der Waals surface area contributed by atoms with Crippen molar-refractivity contribution in [3.05, 3.63) is 39.1 Å². The van der Waals surface area contributed by atoms with Crippen LogP contribution in [0.3, 0.4) is 0 Å². The number of halogens is 1. The molecule has 0 aliphatic heterocycles. The number of aromatic amines is 1. The van der Waals surface area contributed by atoms with Crippen LogP contribution in [0.5, 0.6) is 5.75 Å². The number of methoxy groups -OCH3 is 1. The third-order valence-corrected chi connectivity index (χ3v) is 2.81. The Kier molecular flexibility index (Phi) is 3.03. The molecule has 2 rings (SSSR count). The van der Waals surface area contributed by atoms with Gasteiger partial charge in [0, 0.05) is 10.9 Å². The Morgan fingerprint density at radius 3 is 2.94 bits per heavy atom. The minimum atomic E-state index is -0.297. The smallest absolute Gasteiger partial charge is 0.252 e. The molecule has 2 aromatic rings. The first-order valence-corrected chi connectivity index (χ1v) is 5.30. The number of hydrogen-bond acceptors (Lipinski definition) is 3. The van der Waals surface area contributed by atoms with Crippen LogP contribution in [-0.2, 0) is 6.42 Å². The molecule has 5 heteroatoms. The average molecular weight is 249 g/mol. The van der Waals surface area contributed by atoms with E-state index in [1.807, 2.05) is 6.07 Å². The zero-order valence-electron chi connectivity index (χ0n) is 9.08. The van der Waals surface area contributed by atoms with Gasteiger partial charge in [0.2, 0.25) is 0 Å². The predicted octanol–water partition coefficient (Wildman–Crippen LogP) is 2.26. The third kappa shape index (κ3) is 1.97. The van der Waals surface area contributed by atoms with Crippen molar-refractivity contribution in [1.29, 1.82) is 5.26 Å². The molecule has 86 valence electrons. The molecule has 0 atom stereocenters. The summed E-state index contributed by atoms with van der Waals surface area (Å²) < 4.78 is 5.19. The summed E-state index contributed by atoms with van der Waals surface area (Å²) in [5.74, 6) is 0.611. The Balaban J connectivity index is 2.83. The van der Waals surface area contributed by atoms with Crippen molar-refractivity contribution < 1.29 is 4.74 Å². The summed E-state index contributed by atoms with van der Waals surface area (Å²) in [5.41, 5.74) is 0.632. The SMILES string of the molecule is COc1ccc(Cl)c2[nH]c(=O)c(CC#N)cc12. The molecule has 0 aliphatic rings. The Bertz CT molecular complexity index is 670. The number of rotatable bonds is 2. The summed E-state index contributed by atoms with van der Waals surface area (Å²) in [4.78, 5) is 14.3. The van der Waals surface area contributed by atoms with E-state index in [2.05, 4.69) is 4.98 Å². The lowest BCUT2D eigenvalue weighted by Crippen LogP contribution is -2.12. The lowest BCUT2D eigenvalue weighted by atomic mass is 10.1. The molecule has 1 aromatic carbocycles. The number of nitrogens with zero attached hydrogens (tertiary/aromatic N) is 1.